The summed E-state index contributed by atoms with van der Waals surface area (Å²) in [4.78, 5) is 27.5. The summed E-state index contributed by atoms with van der Waals surface area (Å²) >= 11 is 3.42. The molecule has 1 aliphatic rings. The summed E-state index contributed by atoms with van der Waals surface area (Å²) in [6.45, 7) is 4.92. The van der Waals surface area contributed by atoms with Crippen LogP contribution in [0.2, 0.25) is 0 Å². The van der Waals surface area contributed by atoms with E-state index in [9.17, 15) is 9.59 Å². The molecule has 1 saturated heterocycles. The number of carbonyl (C=O) groups excluding carboxylic acids is 1. The van der Waals surface area contributed by atoms with Gasteiger partial charge < -0.3 is 19.6 Å². The Hall–Kier alpha value is -2.54. The first-order chi connectivity index (χ1) is 13.4. The van der Waals surface area contributed by atoms with Crippen LogP contribution in [0.25, 0.3) is 0 Å². The maximum atomic E-state index is 12.5. The molecule has 0 radical (unpaired) electrons. The van der Waals surface area contributed by atoms with E-state index < -0.39 is 5.97 Å². The standard InChI is InChI=1S/C21H23BrN2O4/c1-15-13-17(22)5-6-19(15)28-12-7-20(25)24-10-8-23(9-11-24)18-4-2-3-16(14-18)21(26)27/h2-6,13-14H,7-12H2,1H3,(H,26,27). The Morgan fingerprint density at radius 2 is 1.86 bits per heavy atom. The Morgan fingerprint density at radius 1 is 1.11 bits per heavy atom. The smallest absolute Gasteiger partial charge is 0.335 e. The molecule has 6 nitrogen and oxygen atoms in total. The number of carbonyl (C=O) groups is 2. The molecular formula is C21H23BrN2O4. The molecule has 1 amide bonds. The van der Waals surface area contributed by atoms with Crippen molar-refractivity contribution in [3.63, 3.8) is 0 Å². The molecule has 0 aromatic heterocycles. The third-order valence-electron chi connectivity index (χ3n) is 4.80. The van der Waals surface area contributed by atoms with Crippen LogP contribution in [0.15, 0.2) is 46.9 Å². The summed E-state index contributed by atoms with van der Waals surface area (Å²) in [7, 11) is 0. The molecule has 28 heavy (non-hydrogen) atoms. The number of nitrogens with zero attached hydrogens (tertiary/aromatic N) is 2. The molecule has 3 rings (SSSR count). The first-order valence-electron chi connectivity index (χ1n) is 9.19. The summed E-state index contributed by atoms with van der Waals surface area (Å²) in [5.74, 6) is -0.0653. The van der Waals surface area contributed by atoms with E-state index in [0.717, 1.165) is 21.5 Å². The van der Waals surface area contributed by atoms with Gasteiger partial charge >= 0.3 is 5.97 Å². The van der Waals surface area contributed by atoms with Crippen LogP contribution in [0.1, 0.15) is 22.3 Å². The number of ether oxygens (including phenoxy) is 1. The average molecular weight is 447 g/mol. The highest BCUT2D eigenvalue weighted by Gasteiger charge is 2.21. The molecule has 1 heterocycles. The summed E-state index contributed by atoms with van der Waals surface area (Å²) in [5.41, 5.74) is 2.18. The normalized spacial score (nSPS) is 14.1. The molecule has 0 bridgehead atoms. The maximum Gasteiger partial charge on any atom is 0.335 e. The zero-order chi connectivity index (χ0) is 20.1. The lowest BCUT2D eigenvalue weighted by molar-refractivity contribution is -0.132. The van der Waals surface area contributed by atoms with Gasteiger partial charge in [-0.05, 0) is 48.9 Å². The van der Waals surface area contributed by atoms with E-state index in [4.69, 9.17) is 9.84 Å². The molecule has 2 aromatic rings. The number of hydrogen-bond donors (Lipinski definition) is 1. The number of rotatable bonds is 6. The molecule has 148 valence electrons. The van der Waals surface area contributed by atoms with Crippen molar-refractivity contribution < 1.29 is 19.4 Å². The van der Waals surface area contributed by atoms with E-state index in [-0.39, 0.29) is 11.5 Å². The number of carboxylic acid groups (broad SMARTS) is 1. The lowest BCUT2D eigenvalue weighted by atomic mass is 10.1. The summed E-state index contributed by atoms with van der Waals surface area (Å²) in [6.07, 6.45) is 0.337. The quantitative estimate of drug-likeness (QED) is 0.734. The second-order valence-electron chi connectivity index (χ2n) is 6.73. The first kappa shape index (κ1) is 20.2. The van der Waals surface area contributed by atoms with Crippen molar-refractivity contribution in [1.82, 2.24) is 4.90 Å². The van der Waals surface area contributed by atoms with Crippen LogP contribution >= 0.6 is 15.9 Å². The number of hydrogen-bond acceptors (Lipinski definition) is 4. The lowest BCUT2D eigenvalue weighted by Gasteiger charge is -2.36. The highest BCUT2D eigenvalue weighted by molar-refractivity contribution is 9.10. The van der Waals surface area contributed by atoms with E-state index in [2.05, 4.69) is 20.8 Å². The summed E-state index contributed by atoms with van der Waals surface area (Å²) in [5, 5.41) is 9.13. The molecular weight excluding hydrogens is 424 g/mol. The van der Waals surface area contributed by atoms with Crippen molar-refractivity contribution in [2.75, 3.05) is 37.7 Å². The van der Waals surface area contributed by atoms with Crippen LogP contribution in [0.3, 0.4) is 0 Å². The minimum atomic E-state index is -0.934. The predicted molar refractivity (Wildman–Crippen MR) is 111 cm³/mol. The average Bonchev–Trinajstić information content (AvgIpc) is 2.69. The van der Waals surface area contributed by atoms with Gasteiger partial charge in [-0.3, -0.25) is 4.79 Å². The van der Waals surface area contributed by atoms with Crippen molar-refractivity contribution in [1.29, 1.82) is 0 Å². The zero-order valence-corrected chi connectivity index (χ0v) is 17.3. The van der Waals surface area contributed by atoms with Gasteiger partial charge in [-0.25, -0.2) is 4.79 Å². The van der Waals surface area contributed by atoms with Crippen LogP contribution in [0.4, 0.5) is 5.69 Å². The van der Waals surface area contributed by atoms with Crippen LogP contribution in [-0.4, -0.2) is 54.7 Å². The molecule has 1 aliphatic heterocycles. The van der Waals surface area contributed by atoms with Gasteiger partial charge in [-0.15, -0.1) is 0 Å². The van der Waals surface area contributed by atoms with Crippen LogP contribution < -0.4 is 9.64 Å². The Labute approximate surface area is 172 Å². The first-order valence-corrected chi connectivity index (χ1v) is 9.98. The monoisotopic (exact) mass is 446 g/mol. The number of aryl methyl sites for hydroxylation is 1. The van der Waals surface area contributed by atoms with E-state index in [0.29, 0.717) is 39.2 Å². The number of benzene rings is 2. The van der Waals surface area contributed by atoms with Gasteiger partial charge in [0.1, 0.15) is 5.75 Å². The third-order valence-corrected chi connectivity index (χ3v) is 5.29. The van der Waals surface area contributed by atoms with Gasteiger partial charge in [0.25, 0.3) is 0 Å². The number of amides is 1. The molecule has 0 unspecified atom stereocenters. The lowest BCUT2D eigenvalue weighted by Crippen LogP contribution is -2.49. The van der Waals surface area contributed by atoms with Crippen LogP contribution in [0, 0.1) is 6.92 Å². The van der Waals surface area contributed by atoms with E-state index >= 15 is 0 Å². The molecule has 2 aromatic carbocycles. The summed E-state index contributed by atoms with van der Waals surface area (Å²) in [6, 6.07) is 12.7. The number of halogens is 1. The second-order valence-corrected chi connectivity index (χ2v) is 7.65. The van der Waals surface area contributed by atoms with Crippen molar-refractivity contribution in [2.45, 2.75) is 13.3 Å². The number of carboxylic acids is 1. The Bertz CT molecular complexity index is 863. The second kappa shape index (κ2) is 9.10. The predicted octanol–water partition coefficient (Wildman–Crippen LogP) is 3.57. The molecule has 0 atom stereocenters. The van der Waals surface area contributed by atoms with Gasteiger partial charge in [0.15, 0.2) is 0 Å². The highest BCUT2D eigenvalue weighted by Crippen LogP contribution is 2.22. The molecule has 7 heteroatoms. The van der Waals surface area contributed by atoms with Gasteiger partial charge in [-0.1, -0.05) is 22.0 Å². The Morgan fingerprint density at radius 3 is 2.54 bits per heavy atom. The van der Waals surface area contributed by atoms with Crippen molar-refractivity contribution in [3.05, 3.63) is 58.1 Å². The van der Waals surface area contributed by atoms with Crippen molar-refractivity contribution >= 4 is 33.5 Å². The third kappa shape index (κ3) is 5.04. The largest absolute Gasteiger partial charge is 0.493 e. The van der Waals surface area contributed by atoms with Gasteiger partial charge in [0.05, 0.1) is 18.6 Å². The molecule has 0 saturated carbocycles. The van der Waals surface area contributed by atoms with Gasteiger partial charge in [0, 0.05) is 36.3 Å². The molecule has 1 N–H and O–H groups in total. The number of anilines is 1. The van der Waals surface area contributed by atoms with E-state index in [1.54, 1.807) is 18.2 Å². The fourth-order valence-corrected chi connectivity index (χ4v) is 3.71. The summed E-state index contributed by atoms with van der Waals surface area (Å²) < 4.78 is 6.75. The Balaban J connectivity index is 1.47. The molecule has 0 aliphatic carbocycles. The topological polar surface area (TPSA) is 70.1 Å². The van der Waals surface area contributed by atoms with Crippen molar-refractivity contribution in [2.24, 2.45) is 0 Å². The Kier molecular flexibility index (Phi) is 6.57. The van der Waals surface area contributed by atoms with E-state index in [1.807, 2.05) is 36.1 Å². The van der Waals surface area contributed by atoms with Crippen molar-refractivity contribution in [3.8, 4) is 5.75 Å². The molecule has 0 spiro atoms. The number of piperazine rings is 1. The zero-order valence-electron chi connectivity index (χ0n) is 15.7. The van der Waals surface area contributed by atoms with Gasteiger partial charge in [0.2, 0.25) is 5.91 Å². The van der Waals surface area contributed by atoms with Crippen LogP contribution in [-0.2, 0) is 4.79 Å². The minimum absolute atomic E-state index is 0.0775. The van der Waals surface area contributed by atoms with Gasteiger partial charge in [-0.2, -0.15) is 0 Å². The highest BCUT2D eigenvalue weighted by atomic mass is 79.9. The van der Waals surface area contributed by atoms with Crippen LogP contribution in [0.5, 0.6) is 5.75 Å². The molecule has 1 fully saturated rings. The van der Waals surface area contributed by atoms with E-state index in [1.165, 1.54) is 0 Å². The number of aromatic carboxylic acids is 1. The maximum absolute atomic E-state index is 12.5. The fraction of sp³-hybridized carbons (Fsp3) is 0.333. The minimum Gasteiger partial charge on any atom is -0.493 e. The fourth-order valence-electron chi connectivity index (χ4n) is 3.23. The SMILES string of the molecule is Cc1cc(Br)ccc1OCCC(=O)N1CCN(c2cccc(C(=O)O)c2)CC1.